The first-order chi connectivity index (χ1) is 27.1. The second-order valence-electron chi connectivity index (χ2n) is 15.6. The predicted octanol–water partition coefficient (Wildman–Crippen LogP) is 15.3. The van der Waals surface area contributed by atoms with Crippen LogP contribution in [0.1, 0.15) is 25.0 Å². The molecule has 0 heteroatoms. The van der Waals surface area contributed by atoms with Gasteiger partial charge >= 0.3 is 0 Å². The molecule has 0 bridgehead atoms. The number of rotatable bonds is 4. The lowest BCUT2D eigenvalue weighted by Gasteiger charge is -2.24. The second-order valence-corrected chi connectivity index (χ2v) is 15.6. The van der Waals surface area contributed by atoms with Gasteiger partial charge in [0.2, 0.25) is 0 Å². The molecule has 55 heavy (non-hydrogen) atoms. The van der Waals surface area contributed by atoms with Gasteiger partial charge in [-0.15, -0.1) is 0 Å². The summed E-state index contributed by atoms with van der Waals surface area (Å²) in [5.41, 5.74) is 15.4. The van der Waals surface area contributed by atoms with Crippen molar-refractivity contribution in [3.05, 3.63) is 205 Å². The van der Waals surface area contributed by atoms with Gasteiger partial charge in [0.25, 0.3) is 0 Å². The zero-order valence-electron chi connectivity index (χ0n) is 31.0. The molecular weight excluding hydrogens is 661 g/mol. The van der Waals surface area contributed by atoms with Gasteiger partial charge in [-0.1, -0.05) is 196 Å². The molecule has 258 valence electrons. The zero-order valence-corrected chi connectivity index (χ0v) is 31.0. The maximum Gasteiger partial charge on any atom is 0.0159 e. The Morgan fingerprint density at radius 3 is 1.62 bits per heavy atom. The summed E-state index contributed by atoms with van der Waals surface area (Å²) in [7, 11) is 0. The monoisotopic (exact) mass is 698 g/mol. The van der Waals surface area contributed by atoms with Gasteiger partial charge in [-0.2, -0.15) is 0 Å². The van der Waals surface area contributed by atoms with Crippen molar-refractivity contribution in [2.75, 3.05) is 0 Å². The predicted molar refractivity (Wildman–Crippen MR) is 236 cm³/mol. The highest BCUT2D eigenvalue weighted by Crippen LogP contribution is 2.54. The maximum absolute atomic E-state index is 2.49. The number of fused-ring (bicyclic) bond motifs is 9. The molecule has 0 fully saturated rings. The van der Waals surface area contributed by atoms with Crippen LogP contribution in [0.25, 0.3) is 98.7 Å². The summed E-state index contributed by atoms with van der Waals surface area (Å²) >= 11 is 0. The third kappa shape index (κ3) is 4.71. The van der Waals surface area contributed by atoms with E-state index in [2.05, 4.69) is 208 Å². The van der Waals surface area contributed by atoms with Crippen LogP contribution >= 0.6 is 0 Å². The van der Waals surface area contributed by atoms with Crippen molar-refractivity contribution in [3.8, 4) is 55.6 Å². The highest BCUT2D eigenvalue weighted by Gasteiger charge is 2.37. The molecule has 0 nitrogen and oxygen atoms in total. The molecule has 0 N–H and O–H groups in total. The van der Waals surface area contributed by atoms with Crippen LogP contribution in [0.15, 0.2) is 194 Å². The van der Waals surface area contributed by atoms with Crippen molar-refractivity contribution in [2.24, 2.45) is 0 Å². The molecule has 0 unspecified atom stereocenters. The summed E-state index contributed by atoms with van der Waals surface area (Å²) in [5, 5.41) is 10.2. The minimum atomic E-state index is -0.105. The fourth-order valence-corrected chi connectivity index (χ4v) is 9.72. The van der Waals surface area contributed by atoms with E-state index >= 15 is 0 Å². The molecule has 0 amide bonds. The van der Waals surface area contributed by atoms with Gasteiger partial charge in [0.15, 0.2) is 0 Å². The van der Waals surface area contributed by atoms with Crippen molar-refractivity contribution < 1.29 is 0 Å². The molecule has 0 saturated carbocycles. The molecular formula is C55H38. The summed E-state index contributed by atoms with van der Waals surface area (Å²) in [4.78, 5) is 0. The number of hydrogen-bond donors (Lipinski definition) is 0. The van der Waals surface area contributed by atoms with Crippen molar-refractivity contribution in [1.29, 1.82) is 0 Å². The van der Waals surface area contributed by atoms with E-state index in [4.69, 9.17) is 0 Å². The highest BCUT2D eigenvalue weighted by molar-refractivity contribution is 6.28. The van der Waals surface area contributed by atoms with Crippen LogP contribution < -0.4 is 0 Å². The van der Waals surface area contributed by atoms with Gasteiger partial charge in [0, 0.05) is 5.41 Å². The summed E-state index contributed by atoms with van der Waals surface area (Å²) in [5.74, 6) is 0. The van der Waals surface area contributed by atoms with E-state index in [0.29, 0.717) is 0 Å². The van der Waals surface area contributed by atoms with Gasteiger partial charge in [-0.05, 0) is 122 Å². The average molecular weight is 699 g/mol. The van der Waals surface area contributed by atoms with Gasteiger partial charge in [0.1, 0.15) is 0 Å². The van der Waals surface area contributed by atoms with E-state index in [0.717, 1.165) is 0 Å². The average Bonchev–Trinajstić information content (AvgIpc) is 3.48. The molecule has 0 spiro atoms. The topological polar surface area (TPSA) is 0 Å². The van der Waals surface area contributed by atoms with Gasteiger partial charge in [0.05, 0.1) is 0 Å². The zero-order chi connectivity index (χ0) is 36.7. The van der Waals surface area contributed by atoms with Crippen LogP contribution in [0.3, 0.4) is 0 Å². The summed E-state index contributed by atoms with van der Waals surface area (Å²) < 4.78 is 0. The van der Waals surface area contributed by atoms with Crippen LogP contribution in [-0.4, -0.2) is 0 Å². The van der Waals surface area contributed by atoms with Gasteiger partial charge in [-0.3, -0.25) is 0 Å². The van der Waals surface area contributed by atoms with Crippen LogP contribution in [0.2, 0.25) is 0 Å². The van der Waals surface area contributed by atoms with Gasteiger partial charge < -0.3 is 0 Å². The normalized spacial score (nSPS) is 13.1. The fourth-order valence-electron chi connectivity index (χ4n) is 9.72. The van der Waals surface area contributed by atoms with Crippen molar-refractivity contribution in [3.63, 3.8) is 0 Å². The Morgan fingerprint density at radius 2 is 0.873 bits per heavy atom. The van der Waals surface area contributed by atoms with Crippen molar-refractivity contribution >= 4 is 43.1 Å². The van der Waals surface area contributed by atoms with Crippen LogP contribution in [0, 0.1) is 0 Å². The molecule has 10 aromatic rings. The van der Waals surface area contributed by atoms with E-state index in [1.165, 1.54) is 110 Å². The molecule has 10 aromatic carbocycles. The second kappa shape index (κ2) is 12.1. The lowest BCUT2D eigenvalue weighted by molar-refractivity contribution is 0.661. The Bertz CT molecular complexity index is 3150. The van der Waals surface area contributed by atoms with Gasteiger partial charge in [-0.25, -0.2) is 0 Å². The maximum atomic E-state index is 2.49. The Hall–Kier alpha value is -6.76. The Morgan fingerprint density at radius 1 is 0.291 bits per heavy atom. The first-order valence-electron chi connectivity index (χ1n) is 19.4. The van der Waals surface area contributed by atoms with Crippen molar-refractivity contribution in [1.82, 2.24) is 0 Å². The van der Waals surface area contributed by atoms with E-state index in [-0.39, 0.29) is 5.41 Å². The smallest absolute Gasteiger partial charge is 0.0159 e. The fraction of sp³-hybridized carbons (Fsp3) is 0.0545. The van der Waals surface area contributed by atoms with Crippen molar-refractivity contribution in [2.45, 2.75) is 19.3 Å². The van der Waals surface area contributed by atoms with Crippen LogP contribution in [0.5, 0.6) is 0 Å². The van der Waals surface area contributed by atoms with E-state index in [1.807, 2.05) is 0 Å². The Labute approximate surface area is 322 Å². The molecule has 0 radical (unpaired) electrons. The lowest BCUT2D eigenvalue weighted by Crippen LogP contribution is -2.15. The quantitative estimate of drug-likeness (QED) is 0.127. The highest BCUT2D eigenvalue weighted by atomic mass is 14.4. The first-order valence-corrected chi connectivity index (χ1v) is 19.4. The van der Waals surface area contributed by atoms with E-state index in [9.17, 15) is 0 Å². The summed E-state index contributed by atoms with van der Waals surface area (Å²) in [6.07, 6.45) is 0. The molecule has 1 aliphatic carbocycles. The summed E-state index contributed by atoms with van der Waals surface area (Å²) in [6.45, 7) is 4.77. The first kappa shape index (κ1) is 31.7. The molecule has 1 aliphatic rings. The van der Waals surface area contributed by atoms with E-state index in [1.54, 1.807) is 0 Å². The standard InChI is InChI=1S/C55H38/c1-55(2)49-28-16-15-27-45(49)52-41-24-12-11-23-40(41)48(34-50(52)55)38-30-31-44(47(33-38)35-17-5-3-6-18-35)54-43-26-14-13-25-42(43)51(37-20-7-4-8-21-37)46-32-29-36-19-9-10-22-39(36)53(46)54/h3-34H,1-2H3. The van der Waals surface area contributed by atoms with E-state index < -0.39 is 0 Å². The largest absolute Gasteiger partial charge is 0.0622 e. The lowest BCUT2D eigenvalue weighted by atomic mass is 9.79. The van der Waals surface area contributed by atoms with Crippen LogP contribution in [0.4, 0.5) is 0 Å². The Kier molecular flexibility index (Phi) is 7.00. The number of benzene rings is 10. The summed E-state index contributed by atoms with van der Waals surface area (Å²) in [6, 6.07) is 72.2. The third-order valence-electron chi connectivity index (χ3n) is 12.2. The molecule has 0 saturated heterocycles. The molecule has 0 aliphatic heterocycles. The molecule has 0 heterocycles. The molecule has 0 aromatic heterocycles. The van der Waals surface area contributed by atoms with Crippen LogP contribution in [-0.2, 0) is 5.41 Å². The third-order valence-corrected chi connectivity index (χ3v) is 12.2. The molecule has 11 rings (SSSR count). The number of hydrogen-bond acceptors (Lipinski definition) is 0. The SMILES string of the molecule is CC1(C)c2ccccc2-c2c1cc(-c1ccc(-c3c4ccccc4c(-c4ccccc4)c4ccc5ccccc5c34)c(-c3ccccc3)c1)c1ccccc21. The molecule has 0 atom stereocenters. The minimum absolute atomic E-state index is 0.105. The Balaban J connectivity index is 1.25. The minimum Gasteiger partial charge on any atom is -0.0622 e.